The molecule has 19 heavy (non-hydrogen) atoms. The molecule has 0 aromatic heterocycles. The van der Waals surface area contributed by atoms with E-state index in [1.165, 1.54) is 7.11 Å². The van der Waals surface area contributed by atoms with Crippen LogP contribution < -0.4 is 10.1 Å². The first kappa shape index (κ1) is 15.0. The van der Waals surface area contributed by atoms with E-state index in [9.17, 15) is 4.79 Å². The number of likely N-dealkylation sites (N-methyl/N-ethyl adjacent to an activating group) is 1. The minimum absolute atomic E-state index is 0.0584. The van der Waals surface area contributed by atoms with Crippen LogP contribution in [0.5, 0.6) is 5.75 Å². The van der Waals surface area contributed by atoms with Gasteiger partial charge in [0.25, 0.3) is 0 Å². The molecule has 0 aliphatic carbocycles. The van der Waals surface area contributed by atoms with E-state index in [1.54, 1.807) is 24.1 Å². The maximum atomic E-state index is 11.6. The van der Waals surface area contributed by atoms with Gasteiger partial charge in [-0.1, -0.05) is 6.07 Å². The fourth-order valence-corrected chi connectivity index (χ4v) is 1.56. The summed E-state index contributed by atoms with van der Waals surface area (Å²) in [5.74, 6) is 0.613. The number of amides is 1. The Hall–Kier alpha value is -2.06. The number of nitriles is 1. The van der Waals surface area contributed by atoms with E-state index in [0.717, 1.165) is 5.56 Å². The molecule has 0 saturated heterocycles. The van der Waals surface area contributed by atoms with Crippen molar-refractivity contribution < 1.29 is 9.53 Å². The highest BCUT2D eigenvalue weighted by Gasteiger charge is 2.07. The molecule has 5 nitrogen and oxygen atoms in total. The minimum Gasteiger partial charge on any atom is -0.495 e. The summed E-state index contributed by atoms with van der Waals surface area (Å²) >= 11 is 0. The Labute approximate surface area is 113 Å². The van der Waals surface area contributed by atoms with Crippen LogP contribution in [0.15, 0.2) is 18.2 Å². The van der Waals surface area contributed by atoms with Gasteiger partial charge < -0.3 is 15.0 Å². The van der Waals surface area contributed by atoms with Gasteiger partial charge in [-0.3, -0.25) is 4.79 Å². The van der Waals surface area contributed by atoms with Crippen molar-refractivity contribution in [2.45, 2.75) is 13.5 Å². The molecule has 1 rings (SSSR count). The fourth-order valence-electron chi connectivity index (χ4n) is 1.56. The average Bonchev–Trinajstić information content (AvgIpc) is 2.45. The van der Waals surface area contributed by atoms with Crippen LogP contribution in [0.1, 0.15) is 18.1 Å². The first-order chi connectivity index (χ1) is 9.12. The highest BCUT2D eigenvalue weighted by molar-refractivity contribution is 5.77. The van der Waals surface area contributed by atoms with E-state index in [1.807, 2.05) is 13.0 Å². The van der Waals surface area contributed by atoms with E-state index >= 15 is 0 Å². The SMILES string of the molecule is CCN(C)C(=O)CNCc1ccc(C#N)c(OC)c1. The predicted molar refractivity (Wildman–Crippen MR) is 72.7 cm³/mol. The molecule has 0 fully saturated rings. The molecule has 0 spiro atoms. The monoisotopic (exact) mass is 261 g/mol. The molecule has 0 heterocycles. The van der Waals surface area contributed by atoms with Gasteiger partial charge in [0.1, 0.15) is 11.8 Å². The maximum absolute atomic E-state index is 11.6. The largest absolute Gasteiger partial charge is 0.495 e. The number of hydrogen-bond acceptors (Lipinski definition) is 4. The van der Waals surface area contributed by atoms with Crippen LogP contribution in [0.3, 0.4) is 0 Å². The van der Waals surface area contributed by atoms with Crippen molar-refractivity contribution in [3.63, 3.8) is 0 Å². The van der Waals surface area contributed by atoms with Crippen molar-refractivity contribution in [2.75, 3.05) is 27.2 Å². The number of ether oxygens (including phenoxy) is 1. The summed E-state index contributed by atoms with van der Waals surface area (Å²) in [6.45, 7) is 3.49. The second-order valence-electron chi connectivity index (χ2n) is 4.16. The molecular weight excluding hydrogens is 242 g/mol. The maximum Gasteiger partial charge on any atom is 0.236 e. The number of benzene rings is 1. The van der Waals surface area contributed by atoms with Gasteiger partial charge in [-0.15, -0.1) is 0 Å². The second kappa shape index (κ2) is 7.39. The zero-order valence-corrected chi connectivity index (χ0v) is 11.6. The topological polar surface area (TPSA) is 65.4 Å². The predicted octanol–water partition coefficient (Wildman–Crippen LogP) is 1.13. The molecule has 1 aromatic carbocycles. The molecule has 0 bridgehead atoms. The van der Waals surface area contributed by atoms with Crippen molar-refractivity contribution in [3.8, 4) is 11.8 Å². The number of carbonyl (C=O) groups excluding carboxylic acids is 1. The van der Waals surface area contributed by atoms with Crippen LogP contribution in [0, 0.1) is 11.3 Å². The minimum atomic E-state index is 0.0584. The first-order valence-corrected chi connectivity index (χ1v) is 6.14. The highest BCUT2D eigenvalue weighted by atomic mass is 16.5. The molecule has 102 valence electrons. The summed E-state index contributed by atoms with van der Waals surface area (Å²) in [6.07, 6.45) is 0. The number of hydrogen-bond donors (Lipinski definition) is 1. The van der Waals surface area contributed by atoms with Crippen molar-refractivity contribution >= 4 is 5.91 Å². The van der Waals surface area contributed by atoms with Crippen LogP contribution >= 0.6 is 0 Å². The molecule has 1 amide bonds. The van der Waals surface area contributed by atoms with Gasteiger partial charge in [0.15, 0.2) is 0 Å². The Morgan fingerprint density at radius 1 is 1.53 bits per heavy atom. The van der Waals surface area contributed by atoms with E-state index in [-0.39, 0.29) is 5.91 Å². The first-order valence-electron chi connectivity index (χ1n) is 6.14. The molecule has 0 atom stereocenters. The third-order valence-corrected chi connectivity index (χ3v) is 2.89. The van der Waals surface area contributed by atoms with Gasteiger partial charge in [0.05, 0.1) is 19.2 Å². The lowest BCUT2D eigenvalue weighted by molar-refractivity contribution is -0.128. The summed E-state index contributed by atoms with van der Waals surface area (Å²) in [6, 6.07) is 7.44. The number of carbonyl (C=O) groups is 1. The lowest BCUT2D eigenvalue weighted by atomic mass is 10.1. The zero-order valence-electron chi connectivity index (χ0n) is 11.6. The normalized spacial score (nSPS) is 9.79. The van der Waals surface area contributed by atoms with Crippen molar-refractivity contribution in [1.29, 1.82) is 5.26 Å². The molecule has 5 heteroatoms. The number of methoxy groups -OCH3 is 1. The van der Waals surface area contributed by atoms with Crippen molar-refractivity contribution in [3.05, 3.63) is 29.3 Å². The van der Waals surface area contributed by atoms with E-state index in [4.69, 9.17) is 10.00 Å². The van der Waals surface area contributed by atoms with E-state index < -0.39 is 0 Å². The van der Waals surface area contributed by atoms with Crippen molar-refractivity contribution in [1.82, 2.24) is 10.2 Å². The number of nitrogens with one attached hydrogen (secondary N) is 1. The zero-order chi connectivity index (χ0) is 14.3. The van der Waals surface area contributed by atoms with Crippen molar-refractivity contribution in [2.24, 2.45) is 0 Å². The smallest absolute Gasteiger partial charge is 0.236 e. The van der Waals surface area contributed by atoms with Crippen LogP contribution in [0.2, 0.25) is 0 Å². The Kier molecular flexibility index (Phi) is 5.83. The standard InChI is InChI=1S/C14H19N3O2/c1-4-17(2)14(18)10-16-9-11-5-6-12(8-15)13(7-11)19-3/h5-7,16H,4,9-10H2,1-3H3. The van der Waals surface area contributed by atoms with Gasteiger partial charge >= 0.3 is 0 Å². The van der Waals surface area contributed by atoms with Gasteiger partial charge in [-0.05, 0) is 24.6 Å². The number of nitrogens with zero attached hydrogens (tertiary/aromatic N) is 2. The Balaban J connectivity index is 2.55. The summed E-state index contributed by atoms with van der Waals surface area (Å²) < 4.78 is 5.13. The van der Waals surface area contributed by atoms with Crippen LogP contribution in [-0.4, -0.2) is 38.1 Å². The van der Waals surface area contributed by atoms with Crippen LogP contribution in [-0.2, 0) is 11.3 Å². The summed E-state index contributed by atoms with van der Waals surface area (Å²) in [4.78, 5) is 13.2. The molecular formula is C14H19N3O2. The third-order valence-electron chi connectivity index (χ3n) is 2.89. The molecule has 0 aliphatic heterocycles. The summed E-state index contributed by atoms with van der Waals surface area (Å²) in [5.41, 5.74) is 1.48. The fraction of sp³-hybridized carbons (Fsp3) is 0.429. The average molecular weight is 261 g/mol. The molecule has 0 aliphatic rings. The Morgan fingerprint density at radius 3 is 2.84 bits per heavy atom. The lowest BCUT2D eigenvalue weighted by Crippen LogP contribution is -2.35. The molecule has 0 saturated carbocycles. The second-order valence-corrected chi connectivity index (χ2v) is 4.16. The summed E-state index contributed by atoms with van der Waals surface area (Å²) in [5, 5.41) is 12.0. The van der Waals surface area contributed by atoms with Crippen LogP contribution in [0.4, 0.5) is 0 Å². The molecule has 0 unspecified atom stereocenters. The van der Waals surface area contributed by atoms with E-state index in [0.29, 0.717) is 30.9 Å². The van der Waals surface area contributed by atoms with Gasteiger partial charge in [0, 0.05) is 20.1 Å². The highest BCUT2D eigenvalue weighted by Crippen LogP contribution is 2.18. The van der Waals surface area contributed by atoms with Crippen LogP contribution in [0.25, 0.3) is 0 Å². The van der Waals surface area contributed by atoms with Gasteiger partial charge in [0.2, 0.25) is 5.91 Å². The molecule has 1 N–H and O–H groups in total. The molecule has 0 radical (unpaired) electrons. The summed E-state index contributed by atoms with van der Waals surface area (Å²) in [7, 11) is 3.31. The Morgan fingerprint density at radius 2 is 2.26 bits per heavy atom. The van der Waals surface area contributed by atoms with E-state index in [2.05, 4.69) is 11.4 Å². The quantitative estimate of drug-likeness (QED) is 0.834. The Bertz CT molecular complexity index is 480. The third kappa shape index (κ3) is 4.27. The lowest BCUT2D eigenvalue weighted by Gasteiger charge is -2.15. The van der Waals surface area contributed by atoms with Gasteiger partial charge in [-0.2, -0.15) is 5.26 Å². The van der Waals surface area contributed by atoms with Gasteiger partial charge in [-0.25, -0.2) is 0 Å². The number of rotatable bonds is 6. The molecule has 1 aromatic rings.